The monoisotopic (exact) mass is 181 g/mol. The molecule has 0 aliphatic heterocycles. The minimum Gasteiger partial charge on any atom is -0.481 e. The highest BCUT2D eigenvalue weighted by Crippen LogP contribution is 2.27. The van der Waals surface area contributed by atoms with Gasteiger partial charge in [0.2, 0.25) is 0 Å². The van der Waals surface area contributed by atoms with Crippen molar-refractivity contribution >= 4 is 5.97 Å². The smallest absolute Gasteiger partial charge is 0.313 e. The zero-order valence-corrected chi connectivity index (χ0v) is 8.43. The van der Waals surface area contributed by atoms with Crippen molar-refractivity contribution in [3.05, 3.63) is 23.0 Å². The summed E-state index contributed by atoms with van der Waals surface area (Å²) in [5.41, 5.74) is 2.11. The molecule has 1 aromatic heterocycles. The highest BCUT2D eigenvalue weighted by molar-refractivity contribution is 5.80. The molecule has 0 bridgehead atoms. The summed E-state index contributed by atoms with van der Waals surface area (Å²) in [6.07, 6.45) is 1.78. The minimum atomic E-state index is -0.811. The van der Waals surface area contributed by atoms with Crippen molar-refractivity contribution in [3.63, 3.8) is 0 Å². The average Bonchev–Trinajstić information content (AvgIpc) is 2.33. The minimum absolute atomic E-state index is 0.797. The number of aliphatic carboxylic acids is 1. The van der Waals surface area contributed by atoms with Gasteiger partial charge in [-0.25, -0.2) is 0 Å². The third-order valence-electron chi connectivity index (χ3n) is 2.61. The molecule has 0 aliphatic rings. The number of carboxylic acids is 1. The maximum Gasteiger partial charge on any atom is 0.313 e. The SMILES string of the molecule is Cc1[nH]cc(C(C)(C)C(=O)O)c1C. The van der Waals surface area contributed by atoms with Crippen LogP contribution in [0.5, 0.6) is 0 Å². The van der Waals surface area contributed by atoms with Crippen LogP contribution in [0, 0.1) is 13.8 Å². The summed E-state index contributed by atoms with van der Waals surface area (Å²) in [6.45, 7) is 7.30. The number of rotatable bonds is 2. The van der Waals surface area contributed by atoms with Gasteiger partial charge in [0.15, 0.2) is 0 Å². The van der Waals surface area contributed by atoms with Gasteiger partial charge in [0.1, 0.15) is 0 Å². The molecule has 0 aromatic carbocycles. The number of hydrogen-bond acceptors (Lipinski definition) is 1. The molecule has 0 unspecified atom stereocenters. The number of carboxylic acid groups (broad SMARTS) is 1. The lowest BCUT2D eigenvalue weighted by molar-refractivity contribution is -0.142. The van der Waals surface area contributed by atoms with Gasteiger partial charge in [-0.05, 0) is 38.8 Å². The molecule has 3 nitrogen and oxygen atoms in total. The average molecular weight is 181 g/mol. The molecule has 0 amide bonds. The Balaban J connectivity index is 3.22. The second kappa shape index (κ2) is 2.91. The molecule has 1 rings (SSSR count). The first-order valence-electron chi connectivity index (χ1n) is 4.26. The molecule has 1 aromatic rings. The number of H-pyrrole nitrogens is 1. The van der Waals surface area contributed by atoms with E-state index in [1.807, 2.05) is 13.8 Å². The summed E-state index contributed by atoms with van der Waals surface area (Å²) in [5, 5.41) is 9.01. The van der Waals surface area contributed by atoms with Crippen LogP contribution in [0.15, 0.2) is 6.20 Å². The van der Waals surface area contributed by atoms with Gasteiger partial charge in [-0.1, -0.05) is 0 Å². The Labute approximate surface area is 77.8 Å². The van der Waals surface area contributed by atoms with Gasteiger partial charge in [0.25, 0.3) is 0 Å². The van der Waals surface area contributed by atoms with E-state index < -0.39 is 11.4 Å². The standard InChI is InChI=1S/C10H15NO2/c1-6-7(2)11-5-8(6)10(3,4)9(12)13/h5,11H,1-4H3,(H,12,13). The van der Waals surface area contributed by atoms with Crippen LogP contribution < -0.4 is 0 Å². The molecule has 0 saturated heterocycles. The molecule has 0 aliphatic carbocycles. The molecule has 0 atom stereocenters. The Morgan fingerprint density at radius 3 is 2.31 bits per heavy atom. The van der Waals surface area contributed by atoms with E-state index in [0.29, 0.717) is 0 Å². The van der Waals surface area contributed by atoms with E-state index in [1.165, 1.54) is 0 Å². The predicted octanol–water partition coefficient (Wildman–Crippen LogP) is 1.99. The van der Waals surface area contributed by atoms with Crippen LogP contribution in [0.1, 0.15) is 30.7 Å². The van der Waals surface area contributed by atoms with E-state index in [4.69, 9.17) is 5.11 Å². The number of nitrogens with one attached hydrogen (secondary N) is 1. The fraction of sp³-hybridized carbons (Fsp3) is 0.500. The molecule has 0 saturated carbocycles. The second-order valence-electron chi connectivity index (χ2n) is 3.88. The number of aryl methyl sites for hydroxylation is 1. The van der Waals surface area contributed by atoms with Crippen molar-refractivity contribution in [2.24, 2.45) is 0 Å². The molecule has 0 radical (unpaired) electrons. The molecule has 72 valence electrons. The van der Waals surface area contributed by atoms with Crippen molar-refractivity contribution in [2.45, 2.75) is 33.1 Å². The van der Waals surface area contributed by atoms with E-state index in [-0.39, 0.29) is 0 Å². The summed E-state index contributed by atoms with van der Waals surface area (Å²) in [6, 6.07) is 0. The first-order valence-corrected chi connectivity index (χ1v) is 4.26. The zero-order chi connectivity index (χ0) is 10.2. The van der Waals surface area contributed by atoms with E-state index in [2.05, 4.69) is 4.98 Å². The van der Waals surface area contributed by atoms with Crippen LogP contribution >= 0.6 is 0 Å². The summed E-state index contributed by atoms with van der Waals surface area (Å²) >= 11 is 0. The number of carbonyl (C=O) groups is 1. The highest BCUT2D eigenvalue weighted by Gasteiger charge is 2.31. The Morgan fingerprint density at radius 2 is 2.00 bits per heavy atom. The van der Waals surface area contributed by atoms with Crippen LogP contribution in [0.4, 0.5) is 0 Å². The zero-order valence-electron chi connectivity index (χ0n) is 8.43. The number of aromatic nitrogens is 1. The Morgan fingerprint density at radius 1 is 1.46 bits per heavy atom. The van der Waals surface area contributed by atoms with Gasteiger partial charge in [0.05, 0.1) is 5.41 Å². The lowest BCUT2D eigenvalue weighted by Gasteiger charge is -2.18. The first-order chi connectivity index (χ1) is 5.87. The predicted molar refractivity (Wildman–Crippen MR) is 50.9 cm³/mol. The summed E-state index contributed by atoms with van der Waals surface area (Å²) in [5.74, 6) is -0.797. The molecule has 13 heavy (non-hydrogen) atoms. The van der Waals surface area contributed by atoms with Crippen LogP contribution in [-0.4, -0.2) is 16.1 Å². The third kappa shape index (κ3) is 1.46. The van der Waals surface area contributed by atoms with Gasteiger partial charge < -0.3 is 10.1 Å². The van der Waals surface area contributed by atoms with Crippen molar-refractivity contribution in [3.8, 4) is 0 Å². The van der Waals surface area contributed by atoms with E-state index >= 15 is 0 Å². The molecule has 0 fully saturated rings. The van der Waals surface area contributed by atoms with Gasteiger partial charge in [-0.15, -0.1) is 0 Å². The molecule has 3 heteroatoms. The largest absolute Gasteiger partial charge is 0.481 e. The van der Waals surface area contributed by atoms with Crippen LogP contribution in [0.25, 0.3) is 0 Å². The molecular formula is C10H15NO2. The van der Waals surface area contributed by atoms with Crippen molar-refractivity contribution < 1.29 is 9.90 Å². The quantitative estimate of drug-likeness (QED) is 0.733. The maximum absolute atomic E-state index is 11.0. The fourth-order valence-electron chi connectivity index (χ4n) is 1.36. The van der Waals surface area contributed by atoms with E-state index in [9.17, 15) is 4.79 Å². The second-order valence-corrected chi connectivity index (χ2v) is 3.88. The Bertz CT molecular complexity index is 337. The summed E-state index contributed by atoms with van der Waals surface area (Å²) < 4.78 is 0. The van der Waals surface area contributed by atoms with Crippen LogP contribution in [0.2, 0.25) is 0 Å². The van der Waals surface area contributed by atoms with Gasteiger partial charge in [0, 0.05) is 11.9 Å². The number of hydrogen-bond donors (Lipinski definition) is 2. The van der Waals surface area contributed by atoms with Crippen LogP contribution in [0.3, 0.4) is 0 Å². The normalized spacial score (nSPS) is 11.7. The summed E-state index contributed by atoms with van der Waals surface area (Å²) in [4.78, 5) is 14.0. The molecule has 1 heterocycles. The van der Waals surface area contributed by atoms with Crippen molar-refractivity contribution in [2.75, 3.05) is 0 Å². The lowest BCUT2D eigenvalue weighted by atomic mass is 9.84. The van der Waals surface area contributed by atoms with Crippen molar-refractivity contribution in [1.29, 1.82) is 0 Å². The van der Waals surface area contributed by atoms with Gasteiger partial charge in [-0.2, -0.15) is 0 Å². The van der Waals surface area contributed by atoms with E-state index in [0.717, 1.165) is 16.8 Å². The maximum atomic E-state index is 11.0. The lowest BCUT2D eigenvalue weighted by Crippen LogP contribution is -2.28. The molecule has 0 spiro atoms. The van der Waals surface area contributed by atoms with E-state index in [1.54, 1.807) is 20.0 Å². The molecular weight excluding hydrogens is 166 g/mol. The molecule has 2 N–H and O–H groups in total. The number of aromatic amines is 1. The Hall–Kier alpha value is -1.25. The van der Waals surface area contributed by atoms with Gasteiger partial charge >= 0.3 is 5.97 Å². The van der Waals surface area contributed by atoms with Crippen molar-refractivity contribution in [1.82, 2.24) is 4.98 Å². The topological polar surface area (TPSA) is 53.1 Å². The Kier molecular flexibility index (Phi) is 2.20. The fourth-order valence-corrected chi connectivity index (χ4v) is 1.36. The van der Waals surface area contributed by atoms with Crippen LogP contribution in [-0.2, 0) is 10.2 Å². The van der Waals surface area contributed by atoms with Gasteiger partial charge in [-0.3, -0.25) is 4.79 Å². The third-order valence-corrected chi connectivity index (χ3v) is 2.61. The first kappa shape index (κ1) is 9.84. The highest BCUT2D eigenvalue weighted by atomic mass is 16.4. The summed E-state index contributed by atoms with van der Waals surface area (Å²) in [7, 11) is 0.